The first-order valence-electron chi connectivity index (χ1n) is 4.06. The van der Waals surface area contributed by atoms with Crippen LogP contribution in [-0.4, -0.2) is 31.2 Å². The summed E-state index contributed by atoms with van der Waals surface area (Å²) in [7, 11) is 2.90. The topological polar surface area (TPSA) is 70.9 Å². The van der Waals surface area contributed by atoms with Gasteiger partial charge in [-0.3, -0.25) is 4.79 Å². The summed E-state index contributed by atoms with van der Waals surface area (Å²) in [4.78, 5) is 11.3. The molecule has 5 nitrogen and oxygen atoms in total. The average molecular weight is 188 g/mol. The van der Waals surface area contributed by atoms with E-state index >= 15 is 0 Å². The molecular weight excluding hydrogens is 172 g/mol. The average Bonchev–Trinajstić information content (AvgIpc) is 2.12. The van der Waals surface area contributed by atoms with Gasteiger partial charge in [0.1, 0.15) is 5.92 Å². The van der Waals surface area contributed by atoms with Crippen LogP contribution in [0.25, 0.3) is 0 Å². The Bertz CT molecular complexity index is 202. The maximum absolute atomic E-state index is 11.3. The number of oxime groups is 1. The molecule has 0 fully saturated rings. The highest BCUT2D eigenvalue weighted by Crippen LogP contribution is 2.13. The highest BCUT2D eigenvalue weighted by atomic mass is 16.5. The molecule has 0 bridgehead atoms. The fraction of sp³-hybridized carbons (Fsp3) is 0.750. The van der Waals surface area contributed by atoms with Gasteiger partial charge in [-0.25, -0.2) is 0 Å². The molecule has 0 saturated carbocycles. The third kappa shape index (κ3) is 2.93. The van der Waals surface area contributed by atoms with Gasteiger partial charge in [-0.15, -0.1) is 0 Å². The number of ether oxygens (including phenoxy) is 1. The predicted molar refractivity (Wildman–Crippen MR) is 48.6 cm³/mol. The maximum Gasteiger partial charge on any atom is 0.238 e. The van der Waals surface area contributed by atoms with Gasteiger partial charge in [0.15, 0.2) is 0 Å². The van der Waals surface area contributed by atoms with Gasteiger partial charge in [0, 0.05) is 7.05 Å². The number of hydrogen-bond acceptors (Lipinski definition) is 4. The van der Waals surface area contributed by atoms with E-state index in [2.05, 4.69) is 10.5 Å². The Balaban J connectivity index is 4.69. The summed E-state index contributed by atoms with van der Waals surface area (Å²) >= 11 is 0. The summed E-state index contributed by atoms with van der Waals surface area (Å²) in [6.45, 7) is 3.70. The predicted octanol–water partition coefficient (Wildman–Crippen LogP) is 0.439. The molecule has 1 unspecified atom stereocenters. The lowest BCUT2D eigenvalue weighted by molar-refractivity contribution is -0.124. The smallest absolute Gasteiger partial charge is 0.238 e. The first-order chi connectivity index (χ1) is 6.08. The van der Waals surface area contributed by atoms with Gasteiger partial charge >= 0.3 is 0 Å². The van der Waals surface area contributed by atoms with Crippen LogP contribution in [0.2, 0.25) is 0 Å². The number of carbonyl (C=O) groups excluding carboxylic acids is 1. The van der Waals surface area contributed by atoms with Gasteiger partial charge in [0.05, 0.1) is 7.11 Å². The van der Waals surface area contributed by atoms with Crippen LogP contribution in [-0.2, 0) is 9.53 Å². The number of rotatable bonds is 3. The van der Waals surface area contributed by atoms with Crippen molar-refractivity contribution in [3.8, 4) is 0 Å². The van der Waals surface area contributed by atoms with Crippen molar-refractivity contribution in [1.82, 2.24) is 5.32 Å². The first kappa shape index (κ1) is 11.7. The second-order valence-electron chi connectivity index (χ2n) is 2.98. The van der Waals surface area contributed by atoms with Crippen molar-refractivity contribution < 1.29 is 14.7 Å². The van der Waals surface area contributed by atoms with Crippen LogP contribution in [0.3, 0.4) is 0 Å². The number of nitrogens with one attached hydrogen (secondary N) is 1. The largest absolute Gasteiger partial charge is 0.481 e. The fourth-order valence-electron chi connectivity index (χ4n) is 1.09. The van der Waals surface area contributed by atoms with Gasteiger partial charge in [0.2, 0.25) is 11.8 Å². The van der Waals surface area contributed by atoms with Crippen LogP contribution in [0.1, 0.15) is 13.8 Å². The maximum atomic E-state index is 11.3. The molecule has 0 aliphatic heterocycles. The Morgan fingerprint density at radius 2 is 2.08 bits per heavy atom. The first-order valence-corrected chi connectivity index (χ1v) is 4.06. The lowest BCUT2D eigenvalue weighted by atomic mass is 9.95. The Kier molecular flexibility index (Phi) is 4.87. The van der Waals surface area contributed by atoms with Crippen LogP contribution in [0.4, 0.5) is 0 Å². The molecule has 0 aromatic carbocycles. The van der Waals surface area contributed by atoms with Crippen molar-refractivity contribution in [2.45, 2.75) is 13.8 Å². The quantitative estimate of drug-likeness (QED) is 0.292. The van der Waals surface area contributed by atoms with Crippen LogP contribution in [0, 0.1) is 11.8 Å². The molecule has 0 heterocycles. The highest BCUT2D eigenvalue weighted by Gasteiger charge is 2.28. The van der Waals surface area contributed by atoms with E-state index in [1.54, 1.807) is 0 Å². The molecule has 0 aromatic heterocycles. The Hall–Kier alpha value is -1.26. The molecule has 0 radical (unpaired) electrons. The van der Waals surface area contributed by atoms with Gasteiger partial charge < -0.3 is 15.3 Å². The highest BCUT2D eigenvalue weighted by molar-refractivity contribution is 6.00. The summed E-state index contributed by atoms with van der Waals surface area (Å²) in [5.41, 5.74) is 0. The van der Waals surface area contributed by atoms with Crippen molar-refractivity contribution in [3.05, 3.63) is 0 Å². The minimum Gasteiger partial charge on any atom is -0.481 e. The summed E-state index contributed by atoms with van der Waals surface area (Å²) < 4.78 is 4.79. The minimum atomic E-state index is -0.542. The van der Waals surface area contributed by atoms with Crippen molar-refractivity contribution >= 4 is 11.8 Å². The number of hydrogen-bond donors (Lipinski definition) is 2. The second kappa shape index (κ2) is 5.40. The van der Waals surface area contributed by atoms with Gasteiger partial charge in [-0.05, 0) is 5.92 Å². The summed E-state index contributed by atoms with van der Waals surface area (Å²) in [6, 6.07) is 0. The molecule has 0 spiro atoms. The van der Waals surface area contributed by atoms with Gasteiger partial charge in [-0.2, -0.15) is 0 Å². The Labute approximate surface area is 77.8 Å². The molecule has 1 atom stereocenters. The zero-order valence-electron chi connectivity index (χ0n) is 8.37. The molecule has 0 saturated heterocycles. The molecule has 0 aliphatic rings. The third-order valence-corrected chi connectivity index (χ3v) is 1.77. The van der Waals surface area contributed by atoms with Crippen LogP contribution in [0.5, 0.6) is 0 Å². The molecule has 0 aliphatic carbocycles. The van der Waals surface area contributed by atoms with Crippen molar-refractivity contribution in [2.75, 3.05) is 14.2 Å². The summed E-state index contributed by atoms with van der Waals surface area (Å²) in [5.74, 6) is -0.704. The Morgan fingerprint density at radius 1 is 1.54 bits per heavy atom. The molecule has 76 valence electrons. The number of nitrogens with zero attached hydrogens (tertiary/aromatic N) is 1. The molecule has 2 N–H and O–H groups in total. The van der Waals surface area contributed by atoms with Crippen LogP contribution in [0.15, 0.2) is 5.16 Å². The monoisotopic (exact) mass is 188 g/mol. The molecule has 0 rings (SSSR count). The molecule has 5 heteroatoms. The van der Waals surface area contributed by atoms with Crippen molar-refractivity contribution in [2.24, 2.45) is 17.0 Å². The summed E-state index contributed by atoms with van der Waals surface area (Å²) in [5, 5.41) is 14.0. The minimum absolute atomic E-state index is 0.0193. The molecule has 0 aromatic rings. The standard InChI is InChI=1S/C8H16N2O3/c1-5(2)6(7(11)9-3)8(10-12)13-4/h5-6,12H,1-4H3,(H,9,11)/b10-8-. The van der Waals surface area contributed by atoms with E-state index in [0.717, 1.165) is 0 Å². The molecular formula is C8H16N2O3. The lowest BCUT2D eigenvalue weighted by Crippen LogP contribution is -2.37. The zero-order valence-corrected chi connectivity index (χ0v) is 8.37. The number of carbonyl (C=O) groups is 1. The van der Waals surface area contributed by atoms with Crippen LogP contribution < -0.4 is 5.32 Å². The normalized spacial score (nSPS) is 14.1. The van der Waals surface area contributed by atoms with E-state index in [9.17, 15) is 4.79 Å². The fourth-order valence-corrected chi connectivity index (χ4v) is 1.09. The third-order valence-electron chi connectivity index (χ3n) is 1.77. The van der Waals surface area contributed by atoms with Crippen molar-refractivity contribution in [3.63, 3.8) is 0 Å². The van der Waals surface area contributed by atoms with E-state index in [0.29, 0.717) is 0 Å². The Morgan fingerprint density at radius 3 is 2.31 bits per heavy atom. The summed E-state index contributed by atoms with van der Waals surface area (Å²) in [6.07, 6.45) is 0. The van der Waals surface area contributed by atoms with E-state index in [1.165, 1.54) is 14.2 Å². The SMILES string of the molecule is CNC(=O)C(/C(=N/O)OC)C(C)C. The van der Waals surface area contributed by atoms with Crippen molar-refractivity contribution in [1.29, 1.82) is 0 Å². The van der Waals surface area contributed by atoms with Crippen LogP contribution >= 0.6 is 0 Å². The van der Waals surface area contributed by atoms with E-state index in [-0.39, 0.29) is 17.7 Å². The van der Waals surface area contributed by atoms with Gasteiger partial charge in [0.25, 0.3) is 0 Å². The second-order valence-corrected chi connectivity index (χ2v) is 2.98. The molecule has 13 heavy (non-hydrogen) atoms. The lowest BCUT2D eigenvalue weighted by Gasteiger charge is -2.18. The van der Waals surface area contributed by atoms with E-state index < -0.39 is 5.92 Å². The number of amides is 1. The van der Waals surface area contributed by atoms with Gasteiger partial charge in [-0.1, -0.05) is 19.0 Å². The number of methoxy groups -OCH3 is 1. The van der Waals surface area contributed by atoms with E-state index in [4.69, 9.17) is 9.94 Å². The molecule has 1 amide bonds. The van der Waals surface area contributed by atoms with E-state index in [1.807, 2.05) is 13.8 Å². The zero-order chi connectivity index (χ0) is 10.4.